The van der Waals surface area contributed by atoms with Crippen LogP contribution in [-0.2, 0) is 4.79 Å². The molecule has 2 rings (SSSR count). The third kappa shape index (κ3) is 1.27. The largest absolute Gasteiger partial charge is 0.302 e. The summed E-state index contributed by atoms with van der Waals surface area (Å²) in [6, 6.07) is 5.46. The number of carbonyl (C=O) groups excluding carboxylic acids is 2. The van der Waals surface area contributed by atoms with Crippen LogP contribution in [0.1, 0.15) is 29.8 Å². The first-order valence-corrected chi connectivity index (χ1v) is 5.01. The molecule has 0 N–H and O–H groups in total. The van der Waals surface area contributed by atoms with Gasteiger partial charge in [-0.2, -0.15) is 0 Å². The van der Waals surface area contributed by atoms with Gasteiger partial charge in [0.25, 0.3) is 11.7 Å². The number of Topliss-reactive ketones (excluding diaryl/α,β-unsaturated/α-hetero) is 1. The summed E-state index contributed by atoms with van der Waals surface area (Å²) < 4.78 is 0. The molecular formula is C12H13NO2. The number of benzene rings is 1. The summed E-state index contributed by atoms with van der Waals surface area (Å²) >= 11 is 0. The molecule has 0 atom stereocenters. The monoisotopic (exact) mass is 203 g/mol. The van der Waals surface area contributed by atoms with Gasteiger partial charge in [0.05, 0.1) is 11.3 Å². The average Bonchev–Trinajstić information content (AvgIpc) is 2.43. The van der Waals surface area contributed by atoms with Crippen LogP contribution in [0.3, 0.4) is 0 Å². The van der Waals surface area contributed by atoms with Gasteiger partial charge in [0, 0.05) is 6.04 Å². The highest BCUT2D eigenvalue weighted by Gasteiger charge is 2.37. The summed E-state index contributed by atoms with van der Waals surface area (Å²) in [4.78, 5) is 25.0. The first-order chi connectivity index (χ1) is 7.04. The van der Waals surface area contributed by atoms with Crippen LogP contribution in [-0.4, -0.2) is 17.7 Å². The minimum atomic E-state index is -0.408. The van der Waals surface area contributed by atoms with Crippen LogP contribution in [0.15, 0.2) is 18.2 Å². The standard InChI is InChI=1S/C12H13NO2/c1-7(2)13-10-8(3)5-4-6-9(10)11(14)12(13)15/h4-7H,1-3H3. The number of anilines is 1. The molecule has 0 radical (unpaired) electrons. The van der Waals surface area contributed by atoms with Crippen LogP contribution < -0.4 is 4.90 Å². The lowest BCUT2D eigenvalue weighted by Crippen LogP contribution is -2.36. The van der Waals surface area contributed by atoms with Gasteiger partial charge in [-0.3, -0.25) is 9.59 Å². The first kappa shape index (κ1) is 9.90. The van der Waals surface area contributed by atoms with Crippen molar-refractivity contribution < 1.29 is 9.59 Å². The Kier molecular flexibility index (Phi) is 2.11. The minimum Gasteiger partial charge on any atom is -0.302 e. The van der Waals surface area contributed by atoms with Gasteiger partial charge in [0.1, 0.15) is 0 Å². The van der Waals surface area contributed by atoms with Crippen LogP contribution in [0.5, 0.6) is 0 Å². The Morgan fingerprint density at radius 3 is 2.47 bits per heavy atom. The highest BCUT2D eigenvalue weighted by molar-refractivity contribution is 6.52. The molecule has 1 aromatic rings. The van der Waals surface area contributed by atoms with Crippen molar-refractivity contribution in [2.75, 3.05) is 4.90 Å². The van der Waals surface area contributed by atoms with Crippen LogP contribution >= 0.6 is 0 Å². The predicted octanol–water partition coefficient (Wildman–Crippen LogP) is 1.93. The number of para-hydroxylation sites is 1. The normalized spacial score (nSPS) is 15.1. The maximum Gasteiger partial charge on any atom is 0.299 e. The van der Waals surface area contributed by atoms with Crippen molar-refractivity contribution >= 4 is 17.4 Å². The van der Waals surface area contributed by atoms with Crippen molar-refractivity contribution in [3.8, 4) is 0 Å². The molecule has 0 aliphatic carbocycles. The SMILES string of the molecule is Cc1cccc2c1N(C(C)C)C(=O)C2=O. The molecule has 0 saturated carbocycles. The van der Waals surface area contributed by atoms with Crippen LogP contribution in [0.25, 0.3) is 0 Å². The summed E-state index contributed by atoms with van der Waals surface area (Å²) in [5.41, 5.74) is 2.29. The third-order valence-electron chi connectivity index (χ3n) is 2.65. The fourth-order valence-electron chi connectivity index (χ4n) is 1.98. The second kappa shape index (κ2) is 3.19. The Labute approximate surface area is 88.7 Å². The molecule has 0 saturated heterocycles. The molecule has 1 aliphatic heterocycles. The Bertz CT molecular complexity index is 449. The molecule has 0 spiro atoms. The summed E-state index contributed by atoms with van der Waals surface area (Å²) in [6.45, 7) is 5.74. The quantitative estimate of drug-likeness (QED) is 0.654. The molecule has 1 heterocycles. The highest BCUT2D eigenvalue weighted by Crippen LogP contribution is 2.33. The number of hydrogen-bond donors (Lipinski definition) is 0. The van der Waals surface area contributed by atoms with E-state index in [1.54, 1.807) is 11.0 Å². The van der Waals surface area contributed by atoms with E-state index in [-0.39, 0.29) is 11.8 Å². The highest BCUT2D eigenvalue weighted by atomic mass is 16.2. The number of rotatable bonds is 1. The van der Waals surface area contributed by atoms with Gasteiger partial charge in [0.2, 0.25) is 0 Å². The van der Waals surface area contributed by atoms with Crippen molar-refractivity contribution in [3.63, 3.8) is 0 Å². The number of aryl methyl sites for hydroxylation is 1. The number of nitrogens with zero attached hydrogens (tertiary/aromatic N) is 1. The zero-order chi connectivity index (χ0) is 11.2. The van der Waals surface area contributed by atoms with Crippen LogP contribution in [0.4, 0.5) is 5.69 Å². The van der Waals surface area contributed by atoms with Gasteiger partial charge >= 0.3 is 0 Å². The van der Waals surface area contributed by atoms with Crippen LogP contribution in [0, 0.1) is 6.92 Å². The van der Waals surface area contributed by atoms with Gasteiger partial charge in [-0.25, -0.2) is 0 Å². The molecule has 0 aromatic heterocycles. The number of hydrogen-bond acceptors (Lipinski definition) is 2. The molecule has 1 aliphatic rings. The molecule has 1 aromatic carbocycles. The summed E-state index contributed by atoms with van der Waals surface area (Å²) in [7, 11) is 0. The molecule has 0 fully saturated rings. The van der Waals surface area contributed by atoms with E-state index >= 15 is 0 Å². The lowest BCUT2D eigenvalue weighted by atomic mass is 10.1. The molecule has 1 amide bonds. The van der Waals surface area contributed by atoms with Gasteiger partial charge < -0.3 is 4.90 Å². The zero-order valence-electron chi connectivity index (χ0n) is 9.07. The number of fused-ring (bicyclic) bond motifs is 1. The van der Waals surface area contributed by atoms with E-state index in [0.717, 1.165) is 11.3 Å². The topological polar surface area (TPSA) is 37.4 Å². The van der Waals surface area contributed by atoms with E-state index in [0.29, 0.717) is 5.56 Å². The van der Waals surface area contributed by atoms with Crippen molar-refractivity contribution in [3.05, 3.63) is 29.3 Å². The average molecular weight is 203 g/mol. The van der Waals surface area contributed by atoms with Gasteiger partial charge in [-0.05, 0) is 32.4 Å². The van der Waals surface area contributed by atoms with Gasteiger partial charge in [0.15, 0.2) is 0 Å². The second-order valence-electron chi connectivity index (χ2n) is 4.07. The van der Waals surface area contributed by atoms with Crippen molar-refractivity contribution in [1.82, 2.24) is 0 Å². The second-order valence-corrected chi connectivity index (χ2v) is 4.07. The van der Waals surface area contributed by atoms with E-state index in [2.05, 4.69) is 0 Å². The smallest absolute Gasteiger partial charge is 0.299 e. The molecular weight excluding hydrogens is 190 g/mol. The van der Waals surface area contributed by atoms with Gasteiger partial charge in [-0.1, -0.05) is 12.1 Å². The Hall–Kier alpha value is -1.64. The van der Waals surface area contributed by atoms with E-state index in [1.807, 2.05) is 32.9 Å². The lowest BCUT2D eigenvalue weighted by molar-refractivity contribution is -0.114. The van der Waals surface area contributed by atoms with Crippen molar-refractivity contribution in [2.24, 2.45) is 0 Å². The number of amides is 1. The van der Waals surface area contributed by atoms with E-state index in [9.17, 15) is 9.59 Å². The maximum absolute atomic E-state index is 11.7. The fourth-order valence-corrected chi connectivity index (χ4v) is 1.98. The van der Waals surface area contributed by atoms with E-state index in [1.165, 1.54) is 0 Å². The van der Waals surface area contributed by atoms with Crippen LogP contribution in [0.2, 0.25) is 0 Å². The Balaban J connectivity index is 2.67. The first-order valence-electron chi connectivity index (χ1n) is 5.01. The predicted molar refractivity (Wildman–Crippen MR) is 58.1 cm³/mol. The molecule has 0 unspecified atom stereocenters. The third-order valence-corrected chi connectivity index (χ3v) is 2.65. The minimum absolute atomic E-state index is 0.0174. The summed E-state index contributed by atoms with van der Waals surface area (Å²) in [5, 5.41) is 0. The van der Waals surface area contributed by atoms with Crippen molar-refractivity contribution in [1.29, 1.82) is 0 Å². The number of carbonyl (C=O) groups is 2. The zero-order valence-corrected chi connectivity index (χ0v) is 9.07. The summed E-state index contributed by atoms with van der Waals surface area (Å²) in [5.74, 6) is -0.795. The Morgan fingerprint density at radius 1 is 1.20 bits per heavy atom. The van der Waals surface area contributed by atoms with Crippen molar-refractivity contribution in [2.45, 2.75) is 26.8 Å². The molecule has 3 nitrogen and oxygen atoms in total. The van der Waals surface area contributed by atoms with E-state index in [4.69, 9.17) is 0 Å². The number of ketones is 1. The molecule has 0 bridgehead atoms. The Morgan fingerprint density at radius 2 is 1.87 bits per heavy atom. The lowest BCUT2D eigenvalue weighted by Gasteiger charge is -2.22. The maximum atomic E-state index is 11.7. The fraction of sp³-hybridized carbons (Fsp3) is 0.333. The summed E-state index contributed by atoms with van der Waals surface area (Å²) in [6.07, 6.45) is 0. The molecule has 78 valence electrons. The van der Waals surface area contributed by atoms with Gasteiger partial charge in [-0.15, -0.1) is 0 Å². The molecule has 3 heteroatoms. The molecule has 15 heavy (non-hydrogen) atoms. The van der Waals surface area contributed by atoms with E-state index < -0.39 is 5.91 Å².